The standard InChI is InChI=1S/C14H20N2O4/c1-3-10-7-11(15-20-10)13(17)16-8-12(18-2)14(9-16)5-4-6-19-14/h7,12H,3-6,8-9H2,1-2H3/t12-,14-/m0/s1. The first-order chi connectivity index (χ1) is 9.68. The number of rotatable bonds is 3. The van der Waals surface area contributed by atoms with Gasteiger partial charge in [-0.3, -0.25) is 4.79 Å². The van der Waals surface area contributed by atoms with E-state index in [0.717, 1.165) is 31.6 Å². The number of aromatic nitrogens is 1. The molecule has 0 unspecified atom stereocenters. The van der Waals surface area contributed by atoms with Gasteiger partial charge < -0.3 is 18.9 Å². The number of ether oxygens (including phenoxy) is 2. The minimum atomic E-state index is -0.332. The van der Waals surface area contributed by atoms with E-state index in [4.69, 9.17) is 14.0 Å². The molecule has 2 atom stereocenters. The number of amides is 1. The topological polar surface area (TPSA) is 64.8 Å². The Morgan fingerprint density at radius 3 is 3.10 bits per heavy atom. The molecule has 20 heavy (non-hydrogen) atoms. The van der Waals surface area contributed by atoms with E-state index >= 15 is 0 Å². The monoisotopic (exact) mass is 280 g/mol. The molecule has 0 saturated carbocycles. The maximum atomic E-state index is 12.5. The van der Waals surface area contributed by atoms with Crippen LogP contribution in [-0.2, 0) is 15.9 Å². The zero-order chi connectivity index (χ0) is 14.2. The van der Waals surface area contributed by atoms with Crippen LogP contribution in [0.25, 0.3) is 0 Å². The average molecular weight is 280 g/mol. The normalized spacial score (nSPS) is 29.5. The van der Waals surface area contributed by atoms with Gasteiger partial charge in [-0.25, -0.2) is 0 Å². The maximum absolute atomic E-state index is 12.5. The van der Waals surface area contributed by atoms with Gasteiger partial charge in [0.15, 0.2) is 5.69 Å². The lowest BCUT2D eigenvalue weighted by atomic mass is 9.96. The van der Waals surface area contributed by atoms with E-state index in [1.54, 1.807) is 18.1 Å². The SMILES string of the molecule is CCc1cc(C(=O)N2C[C@H](OC)[C@]3(CCCO3)C2)no1. The van der Waals surface area contributed by atoms with Crippen molar-refractivity contribution < 1.29 is 18.8 Å². The van der Waals surface area contributed by atoms with Crippen LogP contribution >= 0.6 is 0 Å². The summed E-state index contributed by atoms with van der Waals surface area (Å²) in [6.07, 6.45) is 2.63. The fourth-order valence-corrected chi connectivity index (χ4v) is 3.14. The summed E-state index contributed by atoms with van der Waals surface area (Å²) in [5.74, 6) is 0.616. The number of carbonyl (C=O) groups is 1. The Labute approximate surface area is 118 Å². The fourth-order valence-electron chi connectivity index (χ4n) is 3.14. The first-order valence-corrected chi connectivity index (χ1v) is 7.10. The highest BCUT2D eigenvalue weighted by Crippen LogP contribution is 2.37. The van der Waals surface area contributed by atoms with E-state index in [9.17, 15) is 4.79 Å². The Morgan fingerprint density at radius 1 is 1.65 bits per heavy atom. The van der Waals surface area contributed by atoms with Crippen LogP contribution in [0.4, 0.5) is 0 Å². The maximum Gasteiger partial charge on any atom is 0.276 e. The molecule has 0 N–H and O–H groups in total. The Balaban J connectivity index is 1.76. The van der Waals surface area contributed by atoms with Crippen molar-refractivity contribution in [2.24, 2.45) is 0 Å². The molecule has 1 spiro atoms. The second-order valence-corrected chi connectivity index (χ2v) is 5.46. The highest BCUT2D eigenvalue weighted by atomic mass is 16.6. The van der Waals surface area contributed by atoms with Crippen LogP contribution in [0.1, 0.15) is 36.0 Å². The summed E-state index contributed by atoms with van der Waals surface area (Å²) in [5, 5.41) is 3.85. The molecule has 2 saturated heterocycles. The van der Waals surface area contributed by atoms with Crippen molar-refractivity contribution in [2.75, 3.05) is 26.8 Å². The summed E-state index contributed by atoms with van der Waals surface area (Å²) in [5.41, 5.74) is 0.0357. The molecule has 0 aromatic carbocycles. The van der Waals surface area contributed by atoms with Crippen molar-refractivity contribution in [1.82, 2.24) is 10.1 Å². The van der Waals surface area contributed by atoms with Gasteiger partial charge in [0, 0.05) is 26.2 Å². The second kappa shape index (κ2) is 5.18. The highest BCUT2D eigenvalue weighted by molar-refractivity contribution is 5.92. The lowest BCUT2D eigenvalue weighted by Gasteiger charge is -2.27. The number of carbonyl (C=O) groups excluding carboxylic acids is 1. The van der Waals surface area contributed by atoms with Gasteiger partial charge in [-0.2, -0.15) is 0 Å². The van der Waals surface area contributed by atoms with Gasteiger partial charge in [0.2, 0.25) is 0 Å². The lowest BCUT2D eigenvalue weighted by molar-refractivity contribution is -0.0755. The van der Waals surface area contributed by atoms with Gasteiger partial charge in [-0.1, -0.05) is 12.1 Å². The summed E-state index contributed by atoms with van der Waals surface area (Å²) in [4.78, 5) is 14.2. The summed E-state index contributed by atoms with van der Waals surface area (Å²) < 4.78 is 16.5. The fraction of sp³-hybridized carbons (Fsp3) is 0.714. The molecule has 0 aliphatic carbocycles. The van der Waals surface area contributed by atoms with Gasteiger partial charge in [0.1, 0.15) is 17.5 Å². The molecule has 0 bridgehead atoms. The molecule has 1 aromatic heterocycles. The van der Waals surface area contributed by atoms with Crippen LogP contribution in [0, 0.1) is 0 Å². The number of hydrogen-bond donors (Lipinski definition) is 0. The van der Waals surface area contributed by atoms with Gasteiger partial charge in [-0.05, 0) is 12.8 Å². The molecule has 2 aliphatic heterocycles. The predicted octanol–water partition coefficient (Wildman–Crippen LogP) is 1.26. The van der Waals surface area contributed by atoms with Crippen LogP contribution in [0.15, 0.2) is 10.6 Å². The van der Waals surface area contributed by atoms with Gasteiger partial charge in [-0.15, -0.1) is 0 Å². The zero-order valence-corrected chi connectivity index (χ0v) is 11.9. The molecular formula is C14H20N2O4. The van der Waals surface area contributed by atoms with E-state index in [1.807, 2.05) is 6.92 Å². The molecule has 6 nitrogen and oxygen atoms in total. The van der Waals surface area contributed by atoms with Gasteiger partial charge in [0.05, 0.1) is 13.1 Å². The van der Waals surface area contributed by atoms with E-state index in [1.165, 1.54) is 0 Å². The number of hydrogen-bond acceptors (Lipinski definition) is 5. The minimum absolute atomic E-state index is 0.0634. The lowest BCUT2D eigenvalue weighted by Crippen LogP contribution is -2.42. The van der Waals surface area contributed by atoms with Crippen molar-refractivity contribution in [1.29, 1.82) is 0 Å². The number of methoxy groups -OCH3 is 1. The Bertz CT molecular complexity index is 493. The van der Waals surface area contributed by atoms with Crippen LogP contribution in [0.2, 0.25) is 0 Å². The molecule has 1 amide bonds. The van der Waals surface area contributed by atoms with Crippen LogP contribution in [0.3, 0.4) is 0 Å². The predicted molar refractivity (Wildman–Crippen MR) is 70.5 cm³/mol. The first-order valence-electron chi connectivity index (χ1n) is 7.10. The summed E-state index contributed by atoms with van der Waals surface area (Å²) in [7, 11) is 1.67. The molecule has 3 heterocycles. The number of aryl methyl sites for hydroxylation is 1. The molecule has 1 aromatic rings. The molecule has 2 aliphatic rings. The van der Waals surface area contributed by atoms with Crippen LogP contribution in [-0.4, -0.2) is 54.5 Å². The third-order valence-electron chi connectivity index (χ3n) is 4.26. The molecule has 3 rings (SSSR count). The van der Waals surface area contributed by atoms with E-state index < -0.39 is 0 Å². The van der Waals surface area contributed by atoms with Crippen molar-refractivity contribution in [3.8, 4) is 0 Å². The van der Waals surface area contributed by atoms with Crippen LogP contribution in [0.5, 0.6) is 0 Å². The summed E-state index contributed by atoms with van der Waals surface area (Å²) in [6, 6.07) is 1.71. The molecule has 6 heteroatoms. The average Bonchev–Trinajstić information content (AvgIpc) is 3.18. The third-order valence-corrected chi connectivity index (χ3v) is 4.26. The number of nitrogens with zero attached hydrogens (tertiary/aromatic N) is 2. The van der Waals surface area contributed by atoms with Gasteiger partial charge >= 0.3 is 0 Å². The quantitative estimate of drug-likeness (QED) is 0.834. The van der Waals surface area contributed by atoms with Crippen molar-refractivity contribution >= 4 is 5.91 Å². The Kier molecular flexibility index (Phi) is 3.52. The van der Waals surface area contributed by atoms with Crippen molar-refractivity contribution in [3.05, 3.63) is 17.5 Å². The Morgan fingerprint density at radius 2 is 2.50 bits per heavy atom. The minimum Gasteiger partial charge on any atom is -0.377 e. The van der Waals surface area contributed by atoms with E-state index in [0.29, 0.717) is 18.8 Å². The summed E-state index contributed by atoms with van der Waals surface area (Å²) in [6.45, 7) is 3.82. The van der Waals surface area contributed by atoms with Crippen molar-refractivity contribution in [3.63, 3.8) is 0 Å². The van der Waals surface area contributed by atoms with E-state index in [-0.39, 0.29) is 17.6 Å². The zero-order valence-electron chi connectivity index (χ0n) is 11.9. The third kappa shape index (κ3) is 2.13. The molecular weight excluding hydrogens is 260 g/mol. The van der Waals surface area contributed by atoms with Gasteiger partial charge in [0.25, 0.3) is 5.91 Å². The number of likely N-dealkylation sites (tertiary alicyclic amines) is 1. The summed E-state index contributed by atoms with van der Waals surface area (Å²) >= 11 is 0. The molecule has 110 valence electrons. The molecule has 0 radical (unpaired) electrons. The molecule has 2 fully saturated rings. The smallest absolute Gasteiger partial charge is 0.276 e. The first kappa shape index (κ1) is 13.6. The van der Waals surface area contributed by atoms with E-state index in [2.05, 4.69) is 5.16 Å². The highest BCUT2D eigenvalue weighted by Gasteiger charge is 2.51. The largest absolute Gasteiger partial charge is 0.377 e. The Hall–Kier alpha value is -1.40. The second-order valence-electron chi connectivity index (χ2n) is 5.46. The van der Waals surface area contributed by atoms with Crippen molar-refractivity contribution in [2.45, 2.75) is 37.9 Å². The van der Waals surface area contributed by atoms with Crippen LogP contribution < -0.4 is 0 Å².